The number of rotatable bonds is 6. The Kier molecular flexibility index (Phi) is 6.49. The summed E-state index contributed by atoms with van der Waals surface area (Å²) in [6, 6.07) is 9.58. The molecule has 0 radical (unpaired) electrons. The van der Waals surface area contributed by atoms with Gasteiger partial charge in [0.2, 0.25) is 0 Å². The van der Waals surface area contributed by atoms with Crippen LogP contribution in [0.4, 0.5) is 0 Å². The van der Waals surface area contributed by atoms with Crippen molar-refractivity contribution in [2.75, 3.05) is 14.2 Å². The smallest absolute Gasteiger partial charge is 0.357 e. The molecule has 0 amide bonds. The monoisotopic (exact) mass is 394 g/mol. The third-order valence-electron chi connectivity index (χ3n) is 2.96. The number of methoxy groups -OCH3 is 1. The minimum Gasteiger partial charge on any atom is -0.464 e. The number of halogens is 1. The molecule has 0 fully saturated rings. The van der Waals surface area contributed by atoms with E-state index in [9.17, 15) is 4.79 Å². The number of aliphatic imine (C=N–C) groups is 1. The zero-order chi connectivity index (χ0) is 16.7. The van der Waals surface area contributed by atoms with Crippen molar-refractivity contribution in [3.8, 4) is 0 Å². The predicted octanol–water partition coefficient (Wildman–Crippen LogP) is 3.65. The number of nitrogens with zero attached hydrogens (tertiary/aromatic N) is 2. The summed E-state index contributed by atoms with van der Waals surface area (Å²) >= 11 is 4.85. The van der Waals surface area contributed by atoms with Gasteiger partial charge in [-0.1, -0.05) is 39.3 Å². The second kappa shape index (κ2) is 8.59. The SMILES string of the molecule is CN=C(C(=O)OC)c1sccc1CON=Cc1ccccc1Br. The molecule has 1 aromatic carbocycles. The highest BCUT2D eigenvalue weighted by molar-refractivity contribution is 9.10. The highest BCUT2D eigenvalue weighted by Crippen LogP contribution is 2.20. The van der Waals surface area contributed by atoms with Gasteiger partial charge in [-0.3, -0.25) is 4.99 Å². The number of carbonyl (C=O) groups is 1. The minimum absolute atomic E-state index is 0.246. The van der Waals surface area contributed by atoms with Gasteiger partial charge < -0.3 is 9.57 Å². The molecule has 0 unspecified atom stereocenters. The third kappa shape index (κ3) is 4.49. The quantitative estimate of drug-likeness (QED) is 0.426. The van der Waals surface area contributed by atoms with Crippen LogP contribution in [0.15, 0.2) is 50.3 Å². The van der Waals surface area contributed by atoms with E-state index >= 15 is 0 Å². The largest absolute Gasteiger partial charge is 0.464 e. The van der Waals surface area contributed by atoms with E-state index in [0.717, 1.165) is 20.5 Å². The molecule has 1 heterocycles. The van der Waals surface area contributed by atoms with Crippen LogP contribution in [0.2, 0.25) is 0 Å². The van der Waals surface area contributed by atoms with Crippen molar-refractivity contribution in [3.63, 3.8) is 0 Å². The number of hydrogen-bond acceptors (Lipinski definition) is 6. The van der Waals surface area contributed by atoms with Crippen LogP contribution in [0.1, 0.15) is 16.0 Å². The molecule has 0 aliphatic rings. The fourth-order valence-corrected chi connectivity index (χ4v) is 3.14. The van der Waals surface area contributed by atoms with Crippen LogP contribution in [0.5, 0.6) is 0 Å². The van der Waals surface area contributed by atoms with E-state index in [1.54, 1.807) is 13.3 Å². The summed E-state index contributed by atoms with van der Waals surface area (Å²) in [5.41, 5.74) is 2.05. The molecular weight excluding hydrogens is 380 g/mol. The van der Waals surface area contributed by atoms with Crippen molar-refractivity contribution in [1.29, 1.82) is 0 Å². The Morgan fingerprint density at radius 3 is 2.83 bits per heavy atom. The number of carbonyl (C=O) groups excluding carboxylic acids is 1. The Bertz CT molecular complexity index is 740. The van der Waals surface area contributed by atoms with Crippen LogP contribution in [0.25, 0.3) is 0 Å². The molecule has 2 rings (SSSR count). The van der Waals surface area contributed by atoms with E-state index in [2.05, 4.69) is 26.1 Å². The van der Waals surface area contributed by atoms with Crippen molar-refractivity contribution >= 4 is 45.2 Å². The van der Waals surface area contributed by atoms with Crippen LogP contribution in [-0.4, -0.2) is 32.1 Å². The molecule has 0 aliphatic heterocycles. The zero-order valence-electron chi connectivity index (χ0n) is 12.7. The zero-order valence-corrected chi connectivity index (χ0v) is 15.1. The number of hydrogen-bond donors (Lipinski definition) is 0. The maximum Gasteiger partial charge on any atom is 0.357 e. The molecule has 0 aliphatic carbocycles. The first-order valence-corrected chi connectivity index (χ1v) is 8.36. The maximum absolute atomic E-state index is 11.7. The van der Waals surface area contributed by atoms with Crippen LogP contribution in [-0.2, 0) is 21.0 Å². The Hall–Kier alpha value is -1.99. The third-order valence-corrected chi connectivity index (χ3v) is 4.64. The highest BCUT2D eigenvalue weighted by Gasteiger charge is 2.18. The average Bonchev–Trinajstić information content (AvgIpc) is 3.02. The van der Waals surface area contributed by atoms with Gasteiger partial charge in [0.25, 0.3) is 0 Å². The molecule has 0 saturated carbocycles. The molecule has 0 atom stereocenters. The fraction of sp³-hybridized carbons (Fsp3) is 0.188. The van der Waals surface area contributed by atoms with E-state index in [4.69, 9.17) is 9.57 Å². The van der Waals surface area contributed by atoms with E-state index in [0.29, 0.717) is 0 Å². The summed E-state index contributed by atoms with van der Waals surface area (Å²) < 4.78 is 5.68. The number of oxime groups is 1. The molecule has 0 bridgehead atoms. The number of ether oxygens (including phenoxy) is 1. The van der Waals surface area contributed by atoms with Gasteiger partial charge in [0, 0.05) is 22.6 Å². The van der Waals surface area contributed by atoms with Gasteiger partial charge in [-0.15, -0.1) is 11.3 Å². The van der Waals surface area contributed by atoms with Gasteiger partial charge >= 0.3 is 5.97 Å². The van der Waals surface area contributed by atoms with Crippen molar-refractivity contribution in [3.05, 3.63) is 56.2 Å². The second-order valence-electron chi connectivity index (χ2n) is 4.37. The molecule has 0 N–H and O–H groups in total. The van der Waals surface area contributed by atoms with E-state index in [1.165, 1.54) is 18.4 Å². The summed E-state index contributed by atoms with van der Waals surface area (Å²) in [4.78, 5) is 21.8. The number of esters is 1. The average molecular weight is 395 g/mol. The molecule has 5 nitrogen and oxygen atoms in total. The molecule has 23 heavy (non-hydrogen) atoms. The lowest BCUT2D eigenvalue weighted by atomic mass is 10.2. The number of thiophene rings is 1. The first-order valence-electron chi connectivity index (χ1n) is 6.69. The fourth-order valence-electron chi connectivity index (χ4n) is 1.82. The van der Waals surface area contributed by atoms with Gasteiger partial charge in [-0.2, -0.15) is 0 Å². The van der Waals surface area contributed by atoms with E-state index in [1.807, 2.05) is 35.7 Å². The lowest BCUT2D eigenvalue weighted by Gasteiger charge is -2.04. The van der Waals surface area contributed by atoms with Gasteiger partial charge in [-0.25, -0.2) is 4.79 Å². The van der Waals surface area contributed by atoms with Crippen LogP contribution in [0, 0.1) is 0 Å². The Balaban J connectivity index is 2.04. The summed E-state index contributed by atoms with van der Waals surface area (Å²) in [5.74, 6) is -0.465. The topological polar surface area (TPSA) is 60.2 Å². The highest BCUT2D eigenvalue weighted by atomic mass is 79.9. The van der Waals surface area contributed by atoms with Crippen molar-refractivity contribution in [1.82, 2.24) is 0 Å². The molecule has 7 heteroatoms. The van der Waals surface area contributed by atoms with Gasteiger partial charge in [0.1, 0.15) is 6.61 Å². The summed E-state index contributed by atoms with van der Waals surface area (Å²) in [6.45, 7) is 0.246. The van der Waals surface area contributed by atoms with Crippen LogP contribution < -0.4 is 0 Å². The van der Waals surface area contributed by atoms with Crippen LogP contribution in [0.3, 0.4) is 0 Å². The van der Waals surface area contributed by atoms with Gasteiger partial charge in [-0.05, 0) is 17.5 Å². The Morgan fingerprint density at radius 2 is 2.13 bits per heavy atom. The molecule has 1 aromatic heterocycles. The Labute approximate surface area is 146 Å². The lowest BCUT2D eigenvalue weighted by Crippen LogP contribution is -2.17. The first-order chi connectivity index (χ1) is 11.2. The van der Waals surface area contributed by atoms with Gasteiger partial charge in [0.05, 0.1) is 18.2 Å². The minimum atomic E-state index is -0.465. The van der Waals surface area contributed by atoms with Crippen LogP contribution >= 0.6 is 27.3 Å². The molecule has 2 aromatic rings. The van der Waals surface area contributed by atoms with Crippen molar-refractivity contribution in [2.24, 2.45) is 10.1 Å². The van der Waals surface area contributed by atoms with Crippen molar-refractivity contribution < 1.29 is 14.4 Å². The maximum atomic E-state index is 11.7. The standard InChI is InChI=1S/C16H15BrN2O3S/c1-18-14(16(20)21-2)15-12(7-8-23-15)10-22-19-9-11-5-3-4-6-13(11)17/h3-9H,10H2,1-2H3. The van der Waals surface area contributed by atoms with Crippen molar-refractivity contribution in [2.45, 2.75) is 6.61 Å². The molecule has 120 valence electrons. The Morgan fingerprint density at radius 1 is 1.35 bits per heavy atom. The molecular formula is C16H15BrN2O3S. The normalized spacial score (nSPS) is 11.7. The first kappa shape index (κ1) is 17.4. The lowest BCUT2D eigenvalue weighted by molar-refractivity contribution is -0.132. The summed E-state index contributed by atoms with van der Waals surface area (Å²) in [6.07, 6.45) is 1.63. The summed E-state index contributed by atoms with van der Waals surface area (Å²) in [7, 11) is 2.89. The second-order valence-corrected chi connectivity index (χ2v) is 6.14. The van der Waals surface area contributed by atoms with Gasteiger partial charge in [0.15, 0.2) is 5.71 Å². The molecule has 0 saturated heterocycles. The van der Waals surface area contributed by atoms with E-state index < -0.39 is 5.97 Å². The summed E-state index contributed by atoms with van der Waals surface area (Å²) in [5, 5.41) is 5.84. The predicted molar refractivity (Wildman–Crippen MR) is 95.3 cm³/mol. The van der Waals surface area contributed by atoms with E-state index in [-0.39, 0.29) is 12.3 Å². The number of benzene rings is 1. The molecule has 0 spiro atoms.